The molecule has 2 aromatic rings. The third-order valence-corrected chi connectivity index (χ3v) is 5.23. The summed E-state index contributed by atoms with van der Waals surface area (Å²) in [5, 5.41) is 19.7. The zero-order chi connectivity index (χ0) is 20.1. The van der Waals surface area contributed by atoms with Crippen LogP contribution < -0.4 is 11.2 Å². The lowest BCUT2D eigenvalue weighted by molar-refractivity contribution is 0.0335. The highest BCUT2D eigenvalue weighted by Gasteiger charge is 2.26. The first-order chi connectivity index (χ1) is 14.2. The summed E-state index contributed by atoms with van der Waals surface area (Å²) in [6.07, 6.45) is 7.68. The van der Waals surface area contributed by atoms with E-state index in [4.69, 9.17) is 10.5 Å². The second kappa shape index (κ2) is 9.09. The second-order valence-electron chi connectivity index (χ2n) is 7.28. The minimum absolute atomic E-state index is 0.0209. The van der Waals surface area contributed by atoms with Crippen LogP contribution in [0, 0.1) is 5.92 Å². The number of nitrogen functional groups attached to an aromatic ring is 1. The van der Waals surface area contributed by atoms with Gasteiger partial charge in [-0.15, -0.1) is 5.10 Å². The van der Waals surface area contributed by atoms with E-state index in [0.29, 0.717) is 31.4 Å². The molecular weight excluding hydrogens is 378 g/mol. The Kier molecular flexibility index (Phi) is 6.10. The molecule has 2 aromatic heterocycles. The summed E-state index contributed by atoms with van der Waals surface area (Å²) in [6.45, 7) is 3.23. The Balaban J connectivity index is 1.54. The van der Waals surface area contributed by atoms with Crippen LogP contribution in [0.2, 0.25) is 0 Å². The minimum Gasteiger partial charge on any atom is -0.379 e. The van der Waals surface area contributed by atoms with Gasteiger partial charge >= 0.3 is 0 Å². The zero-order valence-electron chi connectivity index (χ0n) is 16.2. The molecule has 1 saturated heterocycles. The SMILES string of the molecule is Nc1nonc1-n1nnc(CN2CCOCC2)c1C(=O)NN=CC1CCCCC1. The average molecular weight is 403 g/mol. The number of hydrogen-bond donors (Lipinski definition) is 2. The van der Waals surface area contributed by atoms with Gasteiger partial charge < -0.3 is 10.5 Å². The molecule has 0 bridgehead atoms. The quantitative estimate of drug-likeness (QED) is 0.515. The minimum atomic E-state index is -0.437. The molecule has 1 aliphatic heterocycles. The van der Waals surface area contributed by atoms with E-state index >= 15 is 0 Å². The van der Waals surface area contributed by atoms with Gasteiger partial charge in [-0.05, 0) is 29.1 Å². The molecule has 29 heavy (non-hydrogen) atoms. The number of ether oxygens (including phenoxy) is 1. The normalized spacial score (nSPS) is 19.0. The molecule has 1 aliphatic carbocycles. The highest BCUT2D eigenvalue weighted by molar-refractivity contribution is 5.94. The van der Waals surface area contributed by atoms with Gasteiger partial charge in [0.15, 0.2) is 5.69 Å². The summed E-state index contributed by atoms with van der Waals surface area (Å²) in [7, 11) is 0. The van der Waals surface area contributed by atoms with E-state index in [9.17, 15) is 4.79 Å². The predicted octanol–water partition coefficient (Wildman–Crippen LogP) is 0.361. The molecule has 0 atom stereocenters. The first-order valence-corrected chi connectivity index (χ1v) is 9.89. The van der Waals surface area contributed by atoms with Crippen molar-refractivity contribution in [3.8, 4) is 5.82 Å². The van der Waals surface area contributed by atoms with Crippen molar-refractivity contribution in [2.45, 2.75) is 38.6 Å². The maximum absolute atomic E-state index is 12.9. The Hall–Kier alpha value is -2.86. The van der Waals surface area contributed by atoms with Crippen LogP contribution in [0.5, 0.6) is 0 Å². The molecule has 0 spiro atoms. The van der Waals surface area contributed by atoms with E-state index < -0.39 is 5.91 Å². The summed E-state index contributed by atoms with van der Waals surface area (Å²) in [5.41, 5.74) is 9.09. The molecule has 0 aromatic carbocycles. The molecule has 3 heterocycles. The van der Waals surface area contributed by atoms with Crippen molar-refractivity contribution in [2.24, 2.45) is 11.0 Å². The summed E-state index contributed by atoms with van der Waals surface area (Å²) in [5.74, 6) is 0.0997. The Bertz CT molecular complexity index is 850. The molecule has 156 valence electrons. The van der Waals surface area contributed by atoms with Crippen molar-refractivity contribution in [2.75, 3.05) is 32.0 Å². The molecule has 2 fully saturated rings. The Labute approximate surface area is 167 Å². The maximum Gasteiger partial charge on any atom is 0.292 e. The third kappa shape index (κ3) is 4.59. The fourth-order valence-corrected chi connectivity index (χ4v) is 3.64. The lowest BCUT2D eigenvalue weighted by Crippen LogP contribution is -2.36. The van der Waals surface area contributed by atoms with Gasteiger partial charge in [-0.25, -0.2) is 10.1 Å². The number of carbonyl (C=O) groups excluding carboxylic acids is 1. The molecule has 3 N–H and O–H groups in total. The van der Waals surface area contributed by atoms with Gasteiger partial charge in [0, 0.05) is 25.8 Å². The van der Waals surface area contributed by atoms with Crippen molar-refractivity contribution in [1.82, 2.24) is 35.6 Å². The number of anilines is 1. The number of morpholine rings is 1. The summed E-state index contributed by atoms with van der Waals surface area (Å²) >= 11 is 0. The largest absolute Gasteiger partial charge is 0.379 e. The van der Waals surface area contributed by atoms with Crippen molar-refractivity contribution < 1.29 is 14.2 Å². The number of hydrogen-bond acceptors (Lipinski definition) is 10. The van der Waals surface area contributed by atoms with Crippen LogP contribution >= 0.6 is 0 Å². The first kappa shape index (κ1) is 19.5. The molecule has 1 amide bonds. The van der Waals surface area contributed by atoms with Crippen LogP contribution in [0.15, 0.2) is 9.73 Å². The number of nitrogens with one attached hydrogen (secondary N) is 1. The summed E-state index contributed by atoms with van der Waals surface area (Å²) < 4.78 is 11.3. The molecular formula is C17H25N9O3. The lowest BCUT2D eigenvalue weighted by atomic mass is 9.90. The monoisotopic (exact) mass is 403 g/mol. The van der Waals surface area contributed by atoms with E-state index in [2.05, 4.69) is 40.7 Å². The Morgan fingerprint density at radius 1 is 1.24 bits per heavy atom. The molecule has 1 saturated carbocycles. The summed E-state index contributed by atoms with van der Waals surface area (Å²) in [4.78, 5) is 15.1. The van der Waals surface area contributed by atoms with Gasteiger partial charge in [-0.2, -0.15) is 9.78 Å². The fraction of sp³-hybridized carbons (Fsp3) is 0.647. The zero-order valence-corrected chi connectivity index (χ0v) is 16.2. The Morgan fingerprint density at radius 3 is 2.76 bits per heavy atom. The van der Waals surface area contributed by atoms with E-state index in [-0.39, 0.29) is 17.3 Å². The highest BCUT2D eigenvalue weighted by Crippen LogP contribution is 2.22. The van der Waals surface area contributed by atoms with Gasteiger partial charge in [0.25, 0.3) is 5.91 Å². The van der Waals surface area contributed by atoms with Crippen LogP contribution in [-0.4, -0.2) is 68.6 Å². The number of aromatic nitrogens is 5. The average Bonchev–Trinajstić information content (AvgIpc) is 3.35. The van der Waals surface area contributed by atoms with E-state index in [1.807, 2.05) is 6.21 Å². The number of hydrazone groups is 1. The number of nitrogens with zero attached hydrogens (tertiary/aromatic N) is 7. The topological polar surface area (TPSA) is 150 Å². The van der Waals surface area contributed by atoms with Crippen LogP contribution in [0.1, 0.15) is 48.3 Å². The van der Waals surface area contributed by atoms with Gasteiger partial charge in [-0.1, -0.05) is 24.5 Å². The third-order valence-electron chi connectivity index (χ3n) is 5.23. The van der Waals surface area contributed by atoms with Crippen molar-refractivity contribution in [1.29, 1.82) is 0 Å². The van der Waals surface area contributed by atoms with E-state index in [0.717, 1.165) is 25.9 Å². The maximum atomic E-state index is 12.9. The lowest BCUT2D eigenvalue weighted by Gasteiger charge is -2.25. The molecule has 4 rings (SSSR count). The smallest absolute Gasteiger partial charge is 0.292 e. The van der Waals surface area contributed by atoms with Crippen LogP contribution in [0.3, 0.4) is 0 Å². The standard InChI is InChI=1S/C17H25N9O3/c18-15-16(23-29-22-15)26-14(13(20-24-26)11-25-6-8-28-9-7-25)17(27)21-19-10-12-4-2-1-3-5-12/h10,12H,1-9,11H2,(H2,18,22)(H,21,27). The molecule has 12 heteroatoms. The number of nitrogens with two attached hydrogens (primary N) is 1. The molecule has 0 unspecified atom stereocenters. The van der Waals surface area contributed by atoms with E-state index in [1.165, 1.54) is 23.9 Å². The van der Waals surface area contributed by atoms with Gasteiger partial charge in [0.05, 0.1) is 13.2 Å². The predicted molar refractivity (Wildman–Crippen MR) is 102 cm³/mol. The van der Waals surface area contributed by atoms with Crippen molar-refractivity contribution in [3.05, 3.63) is 11.4 Å². The van der Waals surface area contributed by atoms with Crippen LogP contribution in [0.4, 0.5) is 5.82 Å². The number of carbonyl (C=O) groups is 1. The van der Waals surface area contributed by atoms with E-state index in [1.54, 1.807) is 0 Å². The summed E-state index contributed by atoms with van der Waals surface area (Å²) in [6, 6.07) is 0. The number of amides is 1. The van der Waals surface area contributed by atoms with Crippen molar-refractivity contribution in [3.63, 3.8) is 0 Å². The van der Waals surface area contributed by atoms with Crippen LogP contribution in [0.25, 0.3) is 5.82 Å². The van der Waals surface area contributed by atoms with Gasteiger partial charge in [0.2, 0.25) is 11.6 Å². The molecule has 2 aliphatic rings. The van der Waals surface area contributed by atoms with Gasteiger partial charge in [-0.3, -0.25) is 9.69 Å². The number of rotatable bonds is 6. The second-order valence-corrected chi connectivity index (χ2v) is 7.28. The molecule has 12 nitrogen and oxygen atoms in total. The Morgan fingerprint density at radius 2 is 2.03 bits per heavy atom. The molecule has 0 radical (unpaired) electrons. The van der Waals surface area contributed by atoms with Gasteiger partial charge in [0.1, 0.15) is 5.69 Å². The van der Waals surface area contributed by atoms with Crippen molar-refractivity contribution >= 4 is 17.9 Å². The highest BCUT2D eigenvalue weighted by atomic mass is 16.6. The first-order valence-electron chi connectivity index (χ1n) is 9.89. The fourth-order valence-electron chi connectivity index (χ4n) is 3.64. The van der Waals surface area contributed by atoms with Crippen LogP contribution in [-0.2, 0) is 11.3 Å².